The molecule has 0 radical (unpaired) electrons. The van der Waals surface area contributed by atoms with Crippen LogP contribution in [0, 0.1) is 0 Å². The fourth-order valence-electron chi connectivity index (χ4n) is 1.63. The van der Waals surface area contributed by atoms with Gasteiger partial charge in [-0.05, 0) is 13.0 Å². The van der Waals surface area contributed by atoms with Crippen LogP contribution in [0.25, 0.3) is 0 Å². The summed E-state index contributed by atoms with van der Waals surface area (Å²) in [5.74, 6) is 0.299. The second kappa shape index (κ2) is 6.50. The van der Waals surface area contributed by atoms with Gasteiger partial charge in [-0.25, -0.2) is 4.98 Å². The molecule has 1 rings (SSSR count). The molecule has 18 heavy (non-hydrogen) atoms. The summed E-state index contributed by atoms with van der Waals surface area (Å²) in [6.07, 6.45) is 3.71. The largest absolute Gasteiger partial charge is 0.361 e. The van der Waals surface area contributed by atoms with E-state index in [0.717, 1.165) is 12.3 Å². The van der Waals surface area contributed by atoms with Crippen molar-refractivity contribution in [1.29, 1.82) is 0 Å². The molecule has 2 atom stereocenters. The van der Waals surface area contributed by atoms with E-state index in [-0.39, 0.29) is 6.04 Å². The minimum atomic E-state index is -1.00. The van der Waals surface area contributed by atoms with Crippen molar-refractivity contribution in [3.05, 3.63) is 18.2 Å². The average Bonchev–Trinajstić information content (AvgIpc) is 2.70. The van der Waals surface area contributed by atoms with Gasteiger partial charge < -0.3 is 15.0 Å². The number of rotatable bonds is 7. The van der Waals surface area contributed by atoms with E-state index in [1.165, 1.54) is 6.04 Å². The normalized spacial score (nSPS) is 15.7. The van der Waals surface area contributed by atoms with Crippen LogP contribution in [-0.4, -0.2) is 30.3 Å². The molecule has 0 fully saturated rings. The lowest BCUT2D eigenvalue weighted by atomic mass is 10.0. The highest BCUT2D eigenvalue weighted by Gasteiger charge is 2.15. The van der Waals surface area contributed by atoms with E-state index in [2.05, 4.69) is 36.1 Å². The first-order valence-electron chi connectivity index (χ1n) is 6.64. The van der Waals surface area contributed by atoms with Crippen LogP contribution in [0.3, 0.4) is 0 Å². The van der Waals surface area contributed by atoms with Crippen molar-refractivity contribution in [2.75, 3.05) is 6.61 Å². The van der Waals surface area contributed by atoms with Gasteiger partial charge in [0.2, 0.25) is 0 Å². The molecule has 0 aliphatic rings. The summed E-state index contributed by atoms with van der Waals surface area (Å²) in [6.45, 7) is 12.6. The Kier molecular flexibility index (Phi) is 5.56. The van der Waals surface area contributed by atoms with Gasteiger partial charge in [0, 0.05) is 38.5 Å². The molecule has 4 nitrogen and oxygen atoms in total. The van der Waals surface area contributed by atoms with Crippen LogP contribution in [-0.2, 0) is 11.5 Å². The molecule has 0 bridgehead atoms. The average molecular weight is 269 g/mol. The zero-order valence-corrected chi connectivity index (χ0v) is 13.3. The van der Waals surface area contributed by atoms with Gasteiger partial charge in [0.05, 0.1) is 6.33 Å². The maximum Gasteiger partial charge on any atom is 0.123 e. The Morgan fingerprint density at radius 3 is 2.61 bits per heavy atom. The Hall–Kier alpha value is -0.653. The lowest BCUT2D eigenvalue weighted by Crippen LogP contribution is -2.25. The van der Waals surface area contributed by atoms with Gasteiger partial charge in [-0.2, -0.15) is 0 Å². The molecule has 0 aromatic carbocycles. The van der Waals surface area contributed by atoms with Crippen LogP contribution in [0.1, 0.15) is 25.5 Å². The Labute approximate surface area is 112 Å². The molecule has 0 aliphatic heterocycles. The number of nitrogens with zero attached hydrogens (tertiary/aromatic N) is 2. The van der Waals surface area contributed by atoms with E-state index >= 15 is 0 Å². The van der Waals surface area contributed by atoms with Crippen molar-refractivity contribution in [3.63, 3.8) is 0 Å². The number of hydrogen-bond acceptors (Lipinski definition) is 3. The van der Waals surface area contributed by atoms with Crippen molar-refractivity contribution >= 4 is 8.07 Å². The Morgan fingerprint density at radius 2 is 2.06 bits per heavy atom. The number of nitrogens with two attached hydrogens (primary N) is 1. The summed E-state index contributed by atoms with van der Waals surface area (Å²) in [5, 5.41) is 0. The summed E-state index contributed by atoms with van der Waals surface area (Å²) in [4.78, 5) is 4.19. The number of aromatic nitrogens is 2. The van der Waals surface area contributed by atoms with Crippen molar-refractivity contribution < 1.29 is 4.74 Å². The van der Waals surface area contributed by atoms with Gasteiger partial charge in [-0.1, -0.05) is 26.6 Å². The highest BCUT2D eigenvalue weighted by molar-refractivity contribution is 6.76. The molecule has 0 saturated carbocycles. The predicted molar refractivity (Wildman–Crippen MR) is 78.4 cm³/mol. The fourth-order valence-corrected chi connectivity index (χ4v) is 2.39. The second-order valence-electron chi connectivity index (χ2n) is 6.28. The minimum absolute atomic E-state index is 0.127. The molecule has 5 heteroatoms. The van der Waals surface area contributed by atoms with Crippen molar-refractivity contribution in [3.8, 4) is 0 Å². The highest BCUT2D eigenvalue weighted by atomic mass is 28.3. The first kappa shape index (κ1) is 15.4. The monoisotopic (exact) mass is 269 g/mol. The summed E-state index contributed by atoms with van der Waals surface area (Å²) in [6, 6.07) is 1.32. The van der Waals surface area contributed by atoms with Crippen molar-refractivity contribution in [1.82, 2.24) is 9.55 Å². The van der Waals surface area contributed by atoms with Crippen LogP contribution in [0.4, 0.5) is 0 Å². The first-order chi connectivity index (χ1) is 8.31. The molecule has 0 saturated heterocycles. The van der Waals surface area contributed by atoms with E-state index < -0.39 is 8.07 Å². The van der Waals surface area contributed by atoms with E-state index in [9.17, 15) is 0 Å². The fraction of sp³-hybridized carbons (Fsp3) is 0.769. The Morgan fingerprint density at radius 1 is 1.39 bits per heavy atom. The summed E-state index contributed by atoms with van der Waals surface area (Å²) < 4.78 is 7.80. The molecule has 2 unspecified atom stereocenters. The Bertz CT molecular complexity index is 357. The standard InChI is InChI=1S/C13H27N3OSi/c1-11(12(2)14)13-8-15-9-16(13)10-17-6-7-18(3,4)5/h8-9,11-12H,6-7,10,14H2,1-5H3. The first-order valence-corrected chi connectivity index (χ1v) is 10.4. The lowest BCUT2D eigenvalue weighted by molar-refractivity contribution is 0.0844. The van der Waals surface area contributed by atoms with Gasteiger partial charge in [0.1, 0.15) is 6.73 Å². The van der Waals surface area contributed by atoms with E-state index in [4.69, 9.17) is 10.5 Å². The topological polar surface area (TPSA) is 53.1 Å². The van der Waals surface area contributed by atoms with Gasteiger partial charge in [-0.15, -0.1) is 0 Å². The molecular weight excluding hydrogens is 242 g/mol. The molecule has 1 aromatic rings. The zero-order chi connectivity index (χ0) is 13.8. The molecule has 0 spiro atoms. The van der Waals surface area contributed by atoms with E-state index in [1.807, 2.05) is 19.4 Å². The van der Waals surface area contributed by atoms with Crippen LogP contribution in [0.2, 0.25) is 25.7 Å². The molecule has 0 amide bonds. The van der Waals surface area contributed by atoms with Gasteiger partial charge in [-0.3, -0.25) is 0 Å². The maximum atomic E-state index is 5.93. The van der Waals surface area contributed by atoms with E-state index in [1.54, 1.807) is 0 Å². The molecular formula is C13H27N3OSi. The third-order valence-corrected chi connectivity index (χ3v) is 4.93. The SMILES string of the molecule is CC(N)C(C)c1cncn1COCC[Si](C)(C)C. The number of imidazole rings is 1. The third-order valence-electron chi connectivity index (χ3n) is 3.23. The van der Waals surface area contributed by atoms with Gasteiger partial charge in [0.25, 0.3) is 0 Å². The van der Waals surface area contributed by atoms with Crippen LogP contribution >= 0.6 is 0 Å². The zero-order valence-electron chi connectivity index (χ0n) is 12.3. The summed E-state index contributed by atoms with van der Waals surface area (Å²) in [7, 11) is -1.00. The van der Waals surface area contributed by atoms with Crippen LogP contribution in [0.15, 0.2) is 12.5 Å². The van der Waals surface area contributed by atoms with Crippen LogP contribution < -0.4 is 5.73 Å². The number of hydrogen-bond donors (Lipinski definition) is 1. The lowest BCUT2D eigenvalue weighted by Gasteiger charge is -2.19. The molecule has 1 aromatic heterocycles. The smallest absolute Gasteiger partial charge is 0.123 e. The maximum absolute atomic E-state index is 5.93. The predicted octanol–water partition coefficient (Wildman–Crippen LogP) is 2.65. The molecule has 2 N–H and O–H groups in total. The molecule has 1 heterocycles. The summed E-state index contributed by atoms with van der Waals surface area (Å²) in [5.41, 5.74) is 7.08. The summed E-state index contributed by atoms with van der Waals surface area (Å²) >= 11 is 0. The Balaban J connectivity index is 2.46. The quantitative estimate of drug-likeness (QED) is 0.611. The number of ether oxygens (including phenoxy) is 1. The van der Waals surface area contributed by atoms with Gasteiger partial charge in [0.15, 0.2) is 0 Å². The third kappa shape index (κ3) is 4.92. The minimum Gasteiger partial charge on any atom is -0.361 e. The molecule has 104 valence electrons. The van der Waals surface area contributed by atoms with E-state index in [0.29, 0.717) is 12.6 Å². The van der Waals surface area contributed by atoms with Crippen molar-refractivity contribution in [2.45, 2.75) is 58.2 Å². The second-order valence-corrected chi connectivity index (χ2v) is 11.9. The molecule has 0 aliphatic carbocycles. The highest BCUT2D eigenvalue weighted by Crippen LogP contribution is 2.17. The van der Waals surface area contributed by atoms with Crippen LogP contribution in [0.5, 0.6) is 0 Å². The van der Waals surface area contributed by atoms with Gasteiger partial charge >= 0.3 is 0 Å². The van der Waals surface area contributed by atoms with Crippen molar-refractivity contribution in [2.24, 2.45) is 5.73 Å².